The van der Waals surface area contributed by atoms with Crippen LogP contribution in [0.4, 0.5) is 13.9 Å². The standard InChI is InChI=1S/C18H11F2N5OS/c19-12-3-4-14(20)13(8-12)15-10-27-18(23-15)24-17(26)11-2-5-16(21-9-11)25-7-1-6-22-25/h1-10H,(H,23,24,26). The monoisotopic (exact) mass is 383 g/mol. The molecule has 0 saturated heterocycles. The zero-order chi connectivity index (χ0) is 18.8. The number of aromatic nitrogens is 4. The smallest absolute Gasteiger partial charge is 0.259 e. The number of hydrogen-bond acceptors (Lipinski definition) is 5. The number of pyridine rings is 1. The van der Waals surface area contributed by atoms with Gasteiger partial charge in [0.2, 0.25) is 0 Å². The Morgan fingerprint density at radius 3 is 2.81 bits per heavy atom. The molecule has 3 heterocycles. The summed E-state index contributed by atoms with van der Waals surface area (Å²) in [6.45, 7) is 0. The van der Waals surface area contributed by atoms with Crippen LogP contribution in [0.2, 0.25) is 0 Å². The molecule has 0 aliphatic rings. The van der Waals surface area contributed by atoms with Gasteiger partial charge in [-0.05, 0) is 36.4 Å². The molecule has 3 aromatic heterocycles. The third-order valence-electron chi connectivity index (χ3n) is 3.68. The molecule has 0 atom stereocenters. The van der Waals surface area contributed by atoms with Crippen molar-refractivity contribution in [3.63, 3.8) is 0 Å². The van der Waals surface area contributed by atoms with Crippen LogP contribution in [0.5, 0.6) is 0 Å². The van der Waals surface area contributed by atoms with Crippen LogP contribution in [0.15, 0.2) is 60.4 Å². The minimum Gasteiger partial charge on any atom is -0.298 e. The van der Waals surface area contributed by atoms with Crippen LogP contribution in [0.3, 0.4) is 0 Å². The second kappa shape index (κ2) is 7.04. The lowest BCUT2D eigenvalue weighted by atomic mass is 10.1. The number of amides is 1. The second-order valence-electron chi connectivity index (χ2n) is 5.47. The lowest BCUT2D eigenvalue weighted by molar-refractivity contribution is 0.102. The van der Waals surface area contributed by atoms with Crippen molar-refractivity contribution in [3.8, 4) is 17.1 Å². The van der Waals surface area contributed by atoms with Crippen molar-refractivity contribution in [2.75, 3.05) is 5.32 Å². The Morgan fingerprint density at radius 2 is 2.07 bits per heavy atom. The van der Waals surface area contributed by atoms with Crippen LogP contribution < -0.4 is 5.32 Å². The highest BCUT2D eigenvalue weighted by Gasteiger charge is 2.13. The maximum absolute atomic E-state index is 13.8. The van der Waals surface area contributed by atoms with E-state index in [1.54, 1.807) is 40.7 Å². The van der Waals surface area contributed by atoms with E-state index in [4.69, 9.17) is 0 Å². The van der Waals surface area contributed by atoms with Crippen molar-refractivity contribution < 1.29 is 13.6 Å². The van der Waals surface area contributed by atoms with Crippen LogP contribution in [-0.2, 0) is 0 Å². The quantitative estimate of drug-likeness (QED) is 0.580. The highest BCUT2D eigenvalue weighted by atomic mass is 32.1. The molecule has 134 valence electrons. The topological polar surface area (TPSA) is 72.7 Å². The molecular formula is C18H11F2N5OS. The number of rotatable bonds is 4. The van der Waals surface area contributed by atoms with E-state index in [2.05, 4.69) is 20.4 Å². The van der Waals surface area contributed by atoms with Gasteiger partial charge < -0.3 is 0 Å². The molecule has 0 spiro atoms. The number of carbonyl (C=O) groups excluding carboxylic acids is 1. The van der Waals surface area contributed by atoms with E-state index in [1.807, 2.05) is 0 Å². The maximum atomic E-state index is 13.8. The molecule has 4 rings (SSSR count). The van der Waals surface area contributed by atoms with Crippen molar-refractivity contribution >= 4 is 22.4 Å². The van der Waals surface area contributed by atoms with Gasteiger partial charge in [-0.2, -0.15) is 5.10 Å². The van der Waals surface area contributed by atoms with Gasteiger partial charge >= 0.3 is 0 Å². The van der Waals surface area contributed by atoms with E-state index in [0.29, 0.717) is 11.4 Å². The summed E-state index contributed by atoms with van der Waals surface area (Å²) in [6.07, 6.45) is 4.79. The summed E-state index contributed by atoms with van der Waals surface area (Å²) in [5, 5.41) is 8.51. The molecule has 0 saturated carbocycles. The summed E-state index contributed by atoms with van der Waals surface area (Å²) >= 11 is 1.12. The predicted molar refractivity (Wildman–Crippen MR) is 96.8 cm³/mol. The Balaban J connectivity index is 1.50. The number of nitrogens with one attached hydrogen (secondary N) is 1. The number of hydrogen-bond donors (Lipinski definition) is 1. The lowest BCUT2D eigenvalue weighted by Crippen LogP contribution is -2.12. The zero-order valence-electron chi connectivity index (χ0n) is 13.6. The fourth-order valence-corrected chi connectivity index (χ4v) is 3.08. The van der Waals surface area contributed by atoms with Gasteiger partial charge in [0.05, 0.1) is 11.3 Å². The summed E-state index contributed by atoms with van der Waals surface area (Å²) in [5.41, 5.74) is 0.621. The van der Waals surface area contributed by atoms with E-state index in [-0.39, 0.29) is 16.4 Å². The van der Waals surface area contributed by atoms with Gasteiger partial charge in [-0.25, -0.2) is 23.4 Å². The van der Waals surface area contributed by atoms with Gasteiger partial charge in [0, 0.05) is 29.5 Å². The molecule has 1 N–H and O–H groups in total. The predicted octanol–water partition coefficient (Wildman–Crippen LogP) is 3.92. The number of nitrogens with zero attached hydrogens (tertiary/aromatic N) is 4. The Hall–Kier alpha value is -3.46. The summed E-state index contributed by atoms with van der Waals surface area (Å²) < 4.78 is 28.7. The molecule has 0 radical (unpaired) electrons. The van der Waals surface area contributed by atoms with Gasteiger partial charge in [-0.1, -0.05) is 0 Å². The van der Waals surface area contributed by atoms with Crippen LogP contribution in [0, 0.1) is 11.6 Å². The fourth-order valence-electron chi connectivity index (χ4n) is 2.38. The summed E-state index contributed by atoms with van der Waals surface area (Å²) in [4.78, 5) is 20.7. The van der Waals surface area contributed by atoms with Crippen molar-refractivity contribution in [1.29, 1.82) is 0 Å². The number of carbonyl (C=O) groups is 1. The van der Waals surface area contributed by atoms with Crippen molar-refractivity contribution in [2.45, 2.75) is 0 Å². The molecule has 6 nitrogen and oxygen atoms in total. The molecule has 0 aliphatic carbocycles. The Labute approximate surface area is 156 Å². The van der Waals surface area contributed by atoms with Gasteiger partial charge in [0.25, 0.3) is 5.91 Å². The molecule has 0 unspecified atom stereocenters. The van der Waals surface area contributed by atoms with Crippen molar-refractivity contribution in [1.82, 2.24) is 19.7 Å². The minimum absolute atomic E-state index is 0.0389. The Bertz CT molecular complexity index is 1090. The third kappa shape index (κ3) is 3.58. The first-order valence-corrected chi connectivity index (χ1v) is 8.66. The van der Waals surface area contributed by atoms with E-state index in [1.165, 1.54) is 6.20 Å². The van der Waals surface area contributed by atoms with Gasteiger partial charge in [-0.15, -0.1) is 11.3 Å². The summed E-state index contributed by atoms with van der Waals surface area (Å²) in [7, 11) is 0. The fraction of sp³-hybridized carbons (Fsp3) is 0. The number of thiazole rings is 1. The first-order valence-electron chi connectivity index (χ1n) is 7.78. The molecule has 9 heteroatoms. The van der Waals surface area contributed by atoms with Crippen LogP contribution in [0.25, 0.3) is 17.1 Å². The van der Waals surface area contributed by atoms with Crippen LogP contribution in [0.1, 0.15) is 10.4 Å². The van der Waals surface area contributed by atoms with Gasteiger partial charge in [0.1, 0.15) is 11.6 Å². The Kier molecular flexibility index (Phi) is 4.43. The summed E-state index contributed by atoms with van der Waals surface area (Å²) in [5.74, 6) is -0.976. The second-order valence-corrected chi connectivity index (χ2v) is 6.33. The highest BCUT2D eigenvalue weighted by Crippen LogP contribution is 2.27. The first kappa shape index (κ1) is 17.0. The number of halogens is 2. The van der Waals surface area contributed by atoms with Crippen molar-refractivity contribution in [3.05, 3.63) is 77.6 Å². The molecular weight excluding hydrogens is 372 g/mol. The molecule has 4 aromatic rings. The maximum Gasteiger partial charge on any atom is 0.259 e. The van der Waals surface area contributed by atoms with E-state index >= 15 is 0 Å². The van der Waals surface area contributed by atoms with Gasteiger partial charge in [-0.3, -0.25) is 10.1 Å². The van der Waals surface area contributed by atoms with E-state index in [9.17, 15) is 13.6 Å². The first-order chi connectivity index (χ1) is 13.1. The molecule has 0 fully saturated rings. The highest BCUT2D eigenvalue weighted by molar-refractivity contribution is 7.14. The molecule has 1 aromatic carbocycles. The molecule has 0 aliphatic heterocycles. The zero-order valence-corrected chi connectivity index (χ0v) is 14.5. The molecule has 0 bridgehead atoms. The third-order valence-corrected chi connectivity index (χ3v) is 4.44. The van der Waals surface area contributed by atoms with E-state index < -0.39 is 17.5 Å². The van der Waals surface area contributed by atoms with Crippen LogP contribution >= 0.6 is 11.3 Å². The van der Waals surface area contributed by atoms with Crippen molar-refractivity contribution in [2.24, 2.45) is 0 Å². The lowest BCUT2D eigenvalue weighted by Gasteiger charge is -2.04. The normalized spacial score (nSPS) is 10.7. The number of anilines is 1. The van der Waals surface area contributed by atoms with E-state index in [0.717, 1.165) is 29.5 Å². The summed E-state index contributed by atoms with van der Waals surface area (Å²) in [6, 6.07) is 8.18. The molecule has 1 amide bonds. The largest absolute Gasteiger partial charge is 0.298 e. The Morgan fingerprint density at radius 1 is 1.19 bits per heavy atom. The van der Waals surface area contributed by atoms with Crippen LogP contribution in [-0.4, -0.2) is 25.7 Å². The minimum atomic E-state index is -0.585. The SMILES string of the molecule is O=C(Nc1nc(-c2cc(F)ccc2F)cs1)c1ccc(-n2cccn2)nc1. The average Bonchev–Trinajstić information content (AvgIpc) is 3.36. The number of benzene rings is 1. The molecule has 27 heavy (non-hydrogen) atoms. The van der Waals surface area contributed by atoms with Gasteiger partial charge in [0.15, 0.2) is 10.9 Å². The average molecular weight is 383 g/mol.